The highest BCUT2D eigenvalue weighted by molar-refractivity contribution is 5.89. The van der Waals surface area contributed by atoms with E-state index in [2.05, 4.69) is 15.5 Å². The van der Waals surface area contributed by atoms with E-state index in [9.17, 15) is 4.79 Å². The minimum Gasteiger partial charge on any atom is -0.352 e. The molecule has 1 amide bonds. The summed E-state index contributed by atoms with van der Waals surface area (Å²) in [6, 6.07) is 0. The summed E-state index contributed by atoms with van der Waals surface area (Å²) in [6.07, 6.45) is 1.78. The fraction of sp³-hybridized carbons (Fsp3) is 0.667. The van der Waals surface area contributed by atoms with Gasteiger partial charge >= 0.3 is 0 Å². The van der Waals surface area contributed by atoms with E-state index in [1.165, 1.54) is 7.05 Å². The van der Waals surface area contributed by atoms with Gasteiger partial charge in [0.15, 0.2) is 0 Å². The minimum absolute atomic E-state index is 0.0760. The van der Waals surface area contributed by atoms with E-state index in [1.807, 2.05) is 6.92 Å². The lowest BCUT2D eigenvalue weighted by Crippen LogP contribution is -2.19. The molecule has 15 heavy (non-hydrogen) atoms. The highest BCUT2D eigenvalue weighted by atomic mass is 16.5. The summed E-state index contributed by atoms with van der Waals surface area (Å²) in [5, 5.41) is 6.02. The smallest absolute Gasteiger partial charge is 0.292 e. The number of hydrogen-bond donors (Lipinski definition) is 2. The quantitative estimate of drug-likeness (QED) is 0.730. The van der Waals surface area contributed by atoms with Crippen LogP contribution in [0.5, 0.6) is 0 Å². The molecule has 0 aliphatic rings. The Morgan fingerprint density at radius 3 is 3.00 bits per heavy atom. The van der Waals surface area contributed by atoms with Gasteiger partial charge in [-0.05, 0) is 19.4 Å². The first-order valence-electron chi connectivity index (χ1n) is 4.94. The molecule has 3 N–H and O–H groups in total. The third-order valence-corrected chi connectivity index (χ3v) is 2.13. The lowest BCUT2D eigenvalue weighted by Gasteiger charge is -2.03. The molecule has 0 bridgehead atoms. The van der Waals surface area contributed by atoms with Crippen molar-refractivity contribution in [2.75, 3.05) is 13.6 Å². The van der Waals surface area contributed by atoms with Crippen LogP contribution in [0.3, 0.4) is 0 Å². The van der Waals surface area contributed by atoms with Gasteiger partial charge in [-0.3, -0.25) is 4.79 Å². The zero-order valence-electron chi connectivity index (χ0n) is 8.99. The molecule has 0 saturated carbocycles. The molecule has 84 valence electrons. The van der Waals surface area contributed by atoms with Crippen molar-refractivity contribution in [2.45, 2.75) is 25.7 Å². The summed E-state index contributed by atoms with van der Waals surface area (Å²) >= 11 is 0. The maximum atomic E-state index is 11.1. The van der Waals surface area contributed by atoms with Crippen LogP contribution in [0.25, 0.3) is 0 Å². The molecule has 0 fully saturated rings. The Balaban J connectivity index is 2.62. The molecule has 0 saturated heterocycles. The number of hydrogen-bond acceptors (Lipinski definition) is 5. The molecule has 1 aromatic heterocycles. The van der Waals surface area contributed by atoms with Crippen molar-refractivity contribution >= 4 is 5.91 Å². The van der Waals surface area contributed by atoms with Gasteiger partial charge in [0.05, 0.1) is 0 Å². The van der Waals surface area contributed by atoms with Gasteiger partial charge in [0.2, 0.25) is 5.89 Å². The van der Waals surface area contributed by atoms with Crippen LogP contribution >= 0.6 is 0 Å². The summed E-state index contributed by atoms with van der Waals surface area (Å²) < 4.78 is 4.98. The van der Waals surface area contributed by atoms with Gasteiger partial charge in [0, 0.05) is 13.0 Å². The normalized spacial score (nSPS) is 12.5. The number of nitrogens with one attached hydrogen (secondary N) is 1. The van der Waals surface area contributed by atoms with Gasteiger partial charge in [0.1, 0.15) is 0 Å². The first kappa shape index (κ1) is 11.6. The molecular weight excluding hydrogens is 196 g/mol. The summed E-state index contributed by atoms with van der Waals surface area (Å²) in [5.74, 6) is 0.365. The Morgan fingerprint density at radius 2 is 2.40 bits per heavy atom. The maximum Gasteiger partial charge on any atom is 0.292 e. The van der Waals surface area contributed by atoms with Crippen molar-refractivity contribution in [2.24, 2.45) is 5.73 Å². The summed E-state index contributed by atoms with van der Waals surface area (Å²) in [5.41, 5.74) is 5.40. The molecule has 1 heterocycles. The van der Waals surface area contributed by atoms with Crippen LogP contribution in [0.1, 0.15) is 42.2 Å². The van der Waals surface area contributed by atoms with Crippen LogP contribution in [-0.2, 0) is 0 Å². The molecule has 6 nitrogen and oxygen atoms in total. The van der Waals surface area contributed by atoms with Crippen LogP contribution in [0.2, 0.25) is 0 Å². The molecule has 0 spiro atoms. The minimum atomic E-state index is -0.337. The van der Waals surface area contributed by atoms with Crippen molar-refractivity contribution in [1.82, 2.24) is 15.5 Å². The number of carbonyl (C=O) groups excluding carboxylic acids is 1. The van der Waals surface area contributed by atoms with E-state index in [4.69, 9.17) is 10.3 Å². The molecule has 1 rings (SSSR count). The average molecular weight is 212 g/mol. The number of nitrogens with zero attached hydrogens (tertiary/aromatic N) is 2. The van der Waals surface area contributed by atoms with E-state index in [-0.39, 0.29) is 17.6 Å². The van der Waals surface area contributed by atoms with Gasteiger partial charge in [-0.15, -0.1) is 0 Å². The third kappa shape index (κ3) is 3.02. The summed E-state index contributed by atoms with van der Waals surface area (Å²) in [4.78, 5) is 15.2. The second-order valence-corrected chi connectivity index (χ2v) is 3.37. The van der Waals surface area contributed by atoms with Gasteiger partial charge in [-0.1, -0.05) is 12.1 Å². The Morgan fingerprint density at radius 1 is 1.67 bits per heavy atom. The molecule has 1 aromatic rings. The average Bonchev–Trinajstić information content (AvgIpc) is 2.74. The van der Waals surface area contributed by atoms with Crippen molar-refractivity contribution < 1.29 is 9.32 Å². The van der Waals surface area contributed by atoms with Crippen LogP contribution < -0.4 is 11.1 Å². The van der Waals surface area contributed by atoms with E-state index in [0.29, 0.717) is 12.4 Å². The zero-order valence-corrected chi connectivity index (χ0v) is 8.99. The van der Waals surface area contributed by atoms with Gasteiger partial charge in [0.25, 0.3) is 11.7 Å². The van der Waals surface area contributed by atoms with E-state index >= 15 is 0 Å². The molecule has 1 unspecified atom stereocenters. The van der Waals surface area contributed by atoms with Gasteiger partial charge < -0.3 is 15.6 Å². The van der Waals surface area contributed by atoms with Crippen molar-refractivity contribution in [3.05, 3.63) is 11.7 Å². The molecule has 6 heteroatoms. The van der Waals surface area contributed by atoms with Crippen LogP contribution in [0.15, 0.2) is 4.52 Å². The zero-order chi connectivity index (χ0) is 11.3. The summed E-state index contributed by atoms with van der Waals surface area (Å²) in [7, 11) is 1.52. The van der Waals surface area contributed by atoms with Crippen molar-refractivity contribution in [1.29, 1.82) is 0 Å². The predicted molar refractivity (Wildman–Crippen MR) is 54.4 cm³/mol. The van der Waals surface area contributed by atoms with Gasteiger partial charge in [-0.2, -0.15) is 4.98 Å². The Kier molecular flexibility index (Phi) is 4.23. The molecule has 0 radical (unpaired) electrons. The standard InChI is InChI=1S/C9H16N4O2/c1-6(4-3-5-10)9-12-7(13-15-9)8(14)11-2/h6H,3-5,10H2,1-2H3,(H,11,14). The highest BCUT2D eigenvalue weighted by Crippen LogP contribution is 2.17. The molecule has 0 aromatic carbocycles. The number of aromatic nitrogens is 2. The SMILES string of the molecule is CNC(=O)c1noc(C(C)CCCN)n1. The lowest BCUT2D eigenvalue weighted by molar-refractivity contribution is 0.0950. The maximum absolute atomic E-state index is 11.1. The second kappa shape index (κ2) is 5.45. The van der Waals surface area contributed by atoms with Crippen molar-refractivity contribution in [3.63, 3.8) is 0 Å². The van der Waals surface area contributed by atoms with E-state index in [1.54, 1.807) is 0 Å². The number of carbonyl (C=O) groups is 1. The molecule has 0 aliphatic carbocycles. The molecular formula is C9H16N4O2. The van der Waals surface area contributed by atoms with Crippen LogP contribution in [0, 0.1) is 0 Å². The molecule has 0 aliphatic heterocycles. The van der Waals surface area contributed by atoms with Gasteiger partial charge in [-0.25, -0.2) is 0 Å². The fourth-order valence-electron chi connectivity index (χ4n) is 1.19. The number of rotatable bonds is 5. The fourth-order valence-corrected chi connectivity index (χ4v) is 1.19. The van der Waals surface area contributed by atoms with Crippen molar-refractivity contribution in [3.8, 4) is 0 Å². The van der Waals surface area contributed by atoms with Crippen LogP contribution in [-0.4, -0.2) is 29.6 Å². The summed E-state index contributed by atoms with van der Waals surface area (Å²) in [6.45, 7) is 2.61. The topological polar surface area (TPSA) is 94.0 Å². The monoisotopic (exact) mass is 212 g/mol. The Bertz CT molecular complexity index is 324. The highest BCUT2D eigenvalue weighted by Gasteiger charge is 2.17. The van der Waals surface area contributed by atoms with E-state index in [0.717, 1.165) is 12.8 Å². The first-order valence-corrected chi connectivity index (χ1v) is 4.94. The third-order valence-electron chi connectivity index (χ3n) is 2.13. The number of nitrogens with two attached hydrogens (primary N) is 1. The molecule has 1 atom stereocenters. The number of amides is 1. The first-order chi connectivity index (χ1) is 7.19. The Hall–Kier alpha value is -1.43. The lowest BCUT2D eigenvalue weighted by atomic mass is 10.1. The van der Waals surface area contributed by atoms with Crippen LogP contribution in [0.4, 0.5) is 0 Å². The van der Waals surface area contributed by atoms with E-state index < -0.39 is 0 Å². The largest absolute Gasteiger partial charge is 0.352 e. The Labute approximate surface area is 88.2 Å². The second-order valence-electron chi connectivity index (χ2n) is 3.37. The predicted octanol–water partition coefficient (Wildman–Crippen LogP) is 0.272.